The normalized spacial score (nSPS) is 15.2. The summed E-state index contributed by atoms with van der Waals surface area (Å²) in [4.78, 5) is 24.0. The number of fused-ring (bicyclic) bond motifs is 1. The molecule has 0 radical (unpaired) electrons. The number of methoxy groups -OCH3 is 2. The van der Waals surface area contributed by atoms with Crippen molar-refractivity contribution in [1.29, 1.82) is 0 Å². The molecule has 1 atom stereocenters. The minimum absolute atomic E-state index is 0.124. The van der Waals surface area contributed by atoms with Gasteiger partial charge in [-0.15, -0.1) is 0 Å². The fourth-order valence-electron chi connectivity index (χ4n) is 2.80. The summed E-state index contributed by atoms with van der Waals surface area (Å²) in [5, 5.41) is 5.60. The molecule has 0 fully saturated rings. The Morgan fingerprint density at radius 2 is 1.93 bits per heavy atom. The summed E-state index contributed by atoms with van der Waals surface area (Å²) in [5.41, 5.74) is 2.13. The van der Waals surface area contributed by atoms with E-state index in [0.29, 0.717) is 41.5 Å². The van der Waals surface area contributed by atoms with Crippen molar-refractivity contribution >= 4 is 23.2 Å². The Morgan fingerprint density at radius 3 is 2.67 bits per heavy atom. The van der Waals surface area contributed by atoms with Crippen LogP contribution in [-0.2, 0) is 16.0 Å². The second kappa shape index (κ2) is 7.99. The van der Waals surface area contributed by atoms with Crippen LogP contribution in [0, 0.1) is 0 Å². The predicted octanol–water partition coefficient (Wildman–Crippen LogP) is 2.99. The second-order valence-electron chi connectivity index (χ2n) is 6.20. The number of carbonyl (C=O) groups is 2. The Hall–Kier alpha value is -3.22. The van der Waals surface area contributed by atoms with E-state index in [1.807, 2.05) is 18.2 Å². The van der Waals surface area contributed by atoms with Crippen LogP contribution < -0.4 is 24.8 Å². The first kappa shape index (κ1) is 18.6. The number of hydrogen-bond donors (Lipinski definition) is 2. The number of carbonyl (C=O) groups excluding carboxylic acids is 2. The molecule has 7 nitrogen and oxygen atoms in total. The van der Waals surface area contributed by atoms with Gasteiger partial charge < -0.3 is 24.8 Å². The molecule has 0 unspecified atom stereocenters. The van der Waals surface area contributed by atoms with E-state index in [0.717, 1.165) is 5.56 Å². The van der Waals surface area contributed by atoms with Crippen LogP contribution in [0.1, 0.15) is 18.9 Å². The van der Waals surface area contributed by atoms with Crippen LogP contribution in [0.2, 0.25) is 0 Å². The van der Waals surface area contributed by atoms with Crippen molar-refractivity contribution < 1.29 is 23.8 Å². The molecule has 2 aromatic carbocycles. The smallest absolute Gasteiger partial charge is 0.265 e. The van der Waals surface area contributed by atoms with Gasteiger partial charge in [0.15, 0.2) is 17.6 Å². The van der Waals surface area contributed by atoms with E-state index in [1.54, 1.807) is 39.3 Å². The number of benzene rings is 2. The minimum Gasteiger partial charge on any atom is -0.493 e. The number of anilines is 2. The topological polar surface area (TPSA) is 85.9 Å². The summed E-state index contributed by atoms with van der Waals surface area (Å²) < 4.78 is 16.0. The van der Waals surface area contributed by atoms with Crippen LogP contribution in [0.15, 0.2) is 36.4 Å². The predicted molar refractivity (Wildman–Crippen MR) is 102 cm³/mol. The van der Waals surface area contributed by atoms with Crippen LogP contribution >= 0.6 is 0 Å². The van der Waals surface area contributed by atoms with Gasteiger partial charge in [-0.1, -0.05) is 6.07 Å². The zero-order valence-electron chi connectivity index (χ0n) is 15.5. The first-order valence-electron chi connectivity index (χ1n) is 8.62. The van der Waals surface area contributed by atoms with Crippen LogP contribution in [-0.4, -0.2) is 32.1 Å². The average molecular weight is 370 g/mol. The SMILES string of the molecule is COc1ccc(CCC(=O)Nc2ccc3c(c2)NC(=O)[C@H](C)O3)cc1OC. The molecule has 3 rings (SSSR count). The van der Waals surface area contributed by atoms with Crippen molar-refractivity contribution in [2.75, 3.05) is 24.9 Å². The highest BCUT2D eigenvalue weighted by Crippen LogP contribution is 2.32. The first-order valence-corrected chi connectivity index (χ1v) is 8.62. The molecular formula is C20H22N2O5. The van der Waals surface area contributed by atoms with Gasteiger partial charge in [0, 0.05) is 12.1 Å². The molecule has 1 aliphatic rings. The molecule has 1 aliphatic heterocycles. The lowest BCUT2D eigenvalue weighted by Crippen LogP contribution is -2.34. The summed E-state index contributed by atoms with van der Waals surface area (Å²) in [6.45, 7) is 1.68. The van der Waals surface area contributed by atoms with E-state index in [2.05, 4.69) is 10.6 Å². The monoisotopic (exact) mass is 370 g/mol. The van der Waals surface area contributed by atoms with Gasteiger partial charge >= 0.3 is 0 Å². The quantitative estimate of drug-likeness (QED) is 0.816. The highest BCUT2D eigenvalue weighted by atomic mass is 16.5. The lowest BCUT2D eigenvalue weighted by Gasteiger charge is -2.23. The Bertz CT molecular complexity index is 865. The Kier molecular flexibility index (Phi) is 5.49. The van der Waals surface area contributed by atoms with Gasteiger partial charge in [0.25, 0.3) is 5.91 Å². The molecule has 27 heavy (non-hydrogen) atoms. The highest BCUT2D eigenvalue weighted by Gasteiger charge is 2.23. The molecule has 0 spiro atoms. The summed E-state index contributed by atoms with van der Waals surface area (Å²) in [6, 6.07) is 10.7. The molecule has 1 heterocycles. The molecule has 2 N–H and O–H groups in total. The average Bonchev–Trinajstić information content (AvgIpc) is 2.67. The summed E-state index contributed by atoms with van der Waals surface area (Å²) in [5.74, 6) is 1.54. The Labute approximate surface area is 157 Å². The third kappa shape index (κ3) is 4.31. The number of amides is 2. The summed E-state index contributed by atoms with van der Waals surface area (Å²) in [6.07, 6.45) is 0.348. The molecule has 0 aliphatic carbocycles. The van der Waals surface area contributed by atoms with Gasteiger partial charge in [0.2, 0.25) is 5.91 Å². The number of nitrogens with one attached hydrogen (secondary N) is 2. The van der Waals surface area contributed by atoms with E-state index < -0.39 is 6.10 Å². The second-order valence-corrected chi connectivity index (χ2v) is 6.20. The van der Waals surface area contributed by atoms with Gasteiger partial charge in [-0.2, -0.15) is 0 Å². The molecule has 0 saturated heterocycles. The molecule has 7 heteroatoms. The van der Waals surface area contributed by atoms with Crippen LogP contribution in [0.25, 0.3) is 0 Å². The maximum atomic E-state index is 12.3. The van der Waals surface area contributed by atoms with Gasteiger partial charge in [0.05, 0.1) is 19.9 Å². The largest absolute Gasteiger partial charge is 0.493 e. The maximum Gasteiger partial charge on any atom is 0.265 e. The number of aryl methyl sites for hydroxylation is 1. The van der Waals surface area contributed by atoms with E-state index in [4.69, 9.17) is 14.2 Å². The van der Waals surface area contributed by atoms with Crippen molar-refractivity contribution in [2.45, 2.75) is 25.9 Å². The maximum absolute atomic E-state index is 12.3. The third-order valence-corrected chi connectivity index (χ3v) is 4.28. The third-order valence-electron chi connectivity index (χ3n) is 4.28. The fraction of sp³-hybridized carbons (Fsp3) is 0.300. The van der Waals surface area contributed by atoms with Gasteiger partial charge in [-0.05, 0) is 49.2 Å². The van der Waals surface area contributed by atoms with Gasteiger partial charge in [0.1, 0.15) is 5.75 Å². The molecule has 0 aromatic heterocycles. The fourth-order valence-corrected chi connectivity index (χ4v) is 2.80. The number of hydrogen-bond acceptors (Lipinski definition) is 5. The Balaban J connectivity index is 1.60. The lowest BCUT2D eigenvalue weighted by atomic mass is 10.1. The van der Waals surface area contributed by atoms with Gasteiger partial charge in [-0.25, -0.2) is 0 Å². The number of ether oxygens (including phenoxy) is 3. The van der Waals surface area contributed by atoms with Crippen molar-refractivity contribution in [1.82, 2.24) is 0 Å². The lowest BCUT2D eigenvalue weighted by molar-refractivity contribution is -0.122. The van der Waals surface area contributed by atoms with Crippen LogP contribution in [0.3, 0.4) is 0 Å². The number of rotatable bonds is 6. The highest BCUT2D eigenvalue weighted by molar-refractivity contribution is 5.99. The summed E-state index contributed by atoms with van der Waals surface area (Å²) in [7, 11) is 3.16. The molecule has 142 valence electrons. The molecule has 0 saturated carbocycles. The molecule has 2 aromatic rings. The molecular weight excluding hydrogens is 348 g/mol. The first-order chi connectivity index (χ1) is 13.0. The van der Waals surface area contributed by atoms with Crippen molar-refractivity contribution in [2.24, 2.45) is 0 Å². The van der Waals surface area contributed by atoms with Crippen LogP contribution in [0.4, 0.5) is 11.4 Å². The van der Waals surface area contributed by atoms with Crippen molar-refractivity contribution in [3.63, 3.8) is 0 Å². The van der Waals surface area contributed by atoms with Crippen molar-refractivity contribution in [3.8, 4) is 17.2 Å². The van der Waals surface area contributed by atoms with E-state index in [1.165, 1.54) is 0 Å². The van der Waals surface area contributed by atoms with E-state index >= 15 is 0 Å². The van der Waals surface area contributed by atoms with Crippen molar-refractivity contribution in [3.05, 3.63) is 42.0 Å². The standard InChI is InChI=1S/C20H22N2O5/c1-12-20(24)22-15-11-14(6-8-16(15)27-12)21-19(23)9-5-13-4-7-17(25-2)18(10-13)26-3/h4,6-8,10-12H,5,9H2,1-3H3,(H,21,23)(H,22,24)/t12-/m0/s1. The summed E-state index contributed by atoms with van der Waals surface area (Å²) >= 11 is 0. The molecule has 2 amide bonds. The zero-order valence-corrected chi connectivity index (χ0v) is 15.5. The van der Waals surface area contributed by atoms with E-state index in [-0.39, 0.29) is 11.8 Å². The minimum atomic E-state index is -0.528. The Morgan fingerprint density at radius 1 is 1.15 bits per heavy atom. The van der Waals surface area contributed by atoms with E-state index in [9.17, 15) is 9.59 Å². The van der Waals surface area contributed by atoms with Gasteiger partial charge in [-0.3, -0.25) is 9.59 Å². The molecule has 0 bridgehead atoms. The van der Waals surface area contributed by atoms with Crippen LogP contribution in [0.5, 0.6) is 17.2 Å². The zero-order chi connectivity index (χ0) is 19.4.